The van der Waals surface area contributed by atoms with Crippen LogP contribution >= 0.6 is 0 Å². The lowest BCUT2D eigenvalue weighted by Gasteiger charge is -2.12. The zero-order valence-electron chi connectivity index (χ0n) is 11.4. The van der Waals surface area contributed by atoms with Gasteiger partial charge in [0.15, 0.2) is 5.69 Å². The Morgan fingerprint density at radius 3 is 2.53 bits per heavy atom. The molecule has 0 fully saturated rings. The molecule has 5 nitrogen and oxygen atoms in total. The minimum absolute atomic E-state index is 0.0465. The van der Waals surface area contributed by atoms with Crippen molar-refractivity contribution >= 4 is 5.97 Å². The number of aromatic amines is 1. The van der Waals surface area contributed by atoms with Crippen LogP contribution in [0.4, 0.5) is 0 Å². The molecule has 0 atom stereocenters. The summed E-state index contributed by atoms with van der Waals surface area (Å²) in [7, 11) is 1.62. The molecular formula is C14H16N2O3. The summed E-state index contributed by atoms with van der Waals surface area (Å²) in [5.74, 6) is -0.244. The lowest BCUT2D eigenvalue weighted by Crippen LogP contribution is -2.01. The number of aromatic carboxylic acids is 1. The second-order valence-electron chi connectivity index (χ2n) is 4.44. The van der Waals surface area contributed by atoms with Crippen LogP contribution in [0.1, 0.15) is 27.3 Å². The average Bonchev–Trinajstić information content (AvgIpc) is 2.75. The van der Waals surface area contributed by atoms with Gasteiger partial charge in [-0.3, -0.25) is 5.10 Å². The molecule has 0 amide bonds. The number of H-pyrrole nitrogens is 1. The number of nitrogens with one attached hydrogen (secondary N) is 1. The standard InChI is InChI=1S/C14H16N2O3/c1-7-8(2)11(19-4)6-5-10(7)12-9(3)15-16-13(12)14(17)18/h5-6H,1-4H3,(H,15,16)(H,17,18). The number of carboxylic acid groups (broad SMARTS) is 1. The number of hydrogen-bond acceptors (Lipinski definition) is 3. The first-order valence-electron chi connectivity index (χ1n) is 5.90. The number of carbonyl (C=O) groups is 1. The van der Waals surface area contributed by atoms with E-state index in [1.807, 2.05) is 32.9 Å². The van der Waals surface area contributed by atoms with Gasteiger partial charge in [0.1, 0.15) is 5.75 Å². The van der Waals surface area contributed by atoms with Crippen LogP contribution in [0.2, 0.25) is 0 Å². The first-order chi connectivity index (χ1) is 8.97. The second kappa shape index (κ2) is 4.76. The zero-order valence-corrected chi connectivity index (χ0v) is 11.4. The maximum atomic E-state index is 11.2. The van der Waals surface area contributed by atoms with E-state index in [0.29, 0.717) is 5.56 Å². The summed E-state index contributed by atoms with van der Waals surface area (Å²) < 4.78 is 5.27. The van der Waals surface area contributed by atoms with Gasteiger partial charge in [-0.1, -0.05) is 6.07 Å². The van der Waals surface area contributed by atoms with Crippen molar-refractivity contribution in [2.24, 2.45) is 0 Å². The molecule has 1 aromatic carbocycles. The Kier molecular flexibility index (Phi) is 3.29. The number of benzene rings is 1. The summed E-state index contributed by atoms with van der Waals surface area (Å²) in [5.41, 5.74) is 4.27. The van der Waals surface area contributed by atoms with Crippen LogP contribution in [0, 0.1) is 20.8 Å². The Labute approximate surface area is 111 Å². The van der Waals surface area contributed by atoms with E-state index in [-0.39, 0.29) is 5.69 Å². The third kappa shape index (κ3) is 2.07. The third-order valence-corrected chi connectivity index (χ3v) is 3.38. The van der Waals surface area contributed by atoms with Crippen LogP contribution in [-0.4, -0.2) is 28.4 Å². The van der Waals surface area contributed by atoms with Gasteiger partial charge in [0.25, 0.3) is 0 Å². The highest BCUT2D eigenvalue weighted by Crippen LogP contribution is 2.33. The van der Waals surface area contributed by atoms with Gasteiger partial charge in [0, 0.05) is 11.3 Å². The van der Waals surface area contributed by atoms with Crippen LogP contribution in [0.25, 0.3) is 11.1 Å². The minimum Gasteiger partial charge on any atom is -0.496 e. The molecule has 2 N–H and O–H groups in total. The van der Waals surface area contributed by atoms with Crippen molar-refractivity contribution < 1.29 is 14.6 Å². The topological polar surface area (TPSA) is 75.2 Å². The molecule has 100 valence electrons. The van der Waals surface area contributed by atoms with Gasteiger partial charge in [0.05, 0.1) is 7.11 Å². The Morgan fingerprint density at radius 2 is 1.95 bits per heavy atom. The van der Waals surface area contributed by atoms with E-state index in [0.717, 1.165) is 28.1 Å². The number of hydrogen-bond donors (Lipinski definition) is 2. The van der Waals surface area contributed by atoms with Crippen molar-refractivity contribution in [3.8, 4) is 16.9 Å². The summed E-state index contributed by atoms with van der Waals surface area (Å²) in [5, 5.41) is 15.8. The van der Waals surface area contributed by atoms with Crippen molar-refractivity contribution in [1.82, 2.24) is 10.2 Å². The quantitative estimate of drug-likeness (QED) is 0.889. The predicted octanol–water partition coefficient (Wildman–Crippen LogP) is 2.71. The summed E-state index contributed by atoms with van der Waals surface area (Å²) in [4.78, 5) is 11.2. The van der Waals surface area contributed by atoms with Crippen LogP contribution in [0.15, 0.2) is 12.1 Å². The maximum Gasteiger partial charge on any atom is 0.357 e. The van der Waals surface area contributed by atoms with E-state index in [1.54, 1.807) is 7.11 Å². The Hall–Kier alpha value is -2.30. The number of ether oxygens (including phenoxy) is 1. The molecule has 1 heterocycles. The summed E-state index contributed by atoms with van der Waals surface area (Å²) in [6.07, 6.45) is 0. The smallest absolute Gasteiger partial charge is 0.357 e. The van der Waals surface area contributed by atoms with Crippen LogP contribution in [-0.2, 0) is 0 Å². The average molecular weight is 260 g/mol. The Balaban J connectivity index is 2.70. The van der Waals surface area contributed by atoms with Crippen molar-refractivity contribution in [1.29, 1.82) is 0 Å². The monoisotopic (exact) mass is 260 g/mol. The highest BCUT2D eigenvalue weighted by molar-refractivity contribution is 5.95. The van der Waals surface area contributed by atoms with Crippen LogP contribution in [0.5, 0.6) is 5.75 Å². The fraction of sp³-hybridized carbons (Fsp3) is 0.286. The van der Waals surface area contributed by atoms with E-state index in [1.165, 1.54) is 0 Å². The molecular weight excluding hydrogens is 244 g/mol. The van der Waals surface area contributed by atoms with Crippen molar-refractivity contribution in [2.75, 3.05) is 7.11 Å². The lowest BCUT2D eigenvalue weighted by molar-refractivity contribution is 0.0691. The van der Waals surface area contributed by atoms with Crippen molar-refractivity contribution in [3.63, 3.8) is 0 Å². The first-order valence-corrected chi connectivity index (χ1v) is 5.90. The van der Waals surface area contributed by atoms with Gasteiger partial charge in [-0.05, 0) is 43.5 Å². The molecule has 0 saturated heterocycles. The number of methoxy groups -OCH3 is 1. The molecule has 0 unspecified atom stereocenters. The molecule has 19 heavy (non-hydrogen) atoms. The highest BCUT2D eigenvalue weighted by Gasteiger charge is 2.20. The van der Waals surface area contributed by atoms with Crippen LogP contribution in [0.3, 0.4) is 0 Å². The van der Waals surface area contributed by atoms with Gasteiger partial charge in [0.2, 0.25) is 0 Å². The number of rotatable bonds is 3. The highest BCUT2D eigenvalue weighted by atomic mass is 16.5. The molecule has 2 rings (SSSR count). The maximum absolute atomic E-state index is 11.2. The summed E-state index contributed by atoms with van der Waals surface area (Å²) in [6.45, 7) is 5.71. The fourth-order valence-corrected chi connectivity index (χ4v) is 2.20. The number of nitrogens with zero attached hydrogens (tertiary/aromatic N) is 1. The Bertz CT molecular complexity index is 644. The van der Waals surface area contributed by atoms with Crippen molar-refractivity contribution in [3.05, 3.63) is 34.6 Å². The van der Waals surface area contributed by atoms with Crippen molar-refractivity contribution in [2.45, 2.75) is 20.8 Å². The van der Waals surface area contributed by atoms with E-state index < -0.39 is 5.97 Å². The zero-order chi connectivity index (χ0) is 14.2. The first kappa shape index (κ1) is 13.1. The Morgan fingerprint density at radius 1 is 1.26 bits per heavy atom. The van der Waals surface area contributed by atoms with Gasteiger partial charge < -0.3 is 9.84 Å². The fourth-order valence-electron chi connectivity index (χ4n) is 2.20. The lowest BCUT2D eigenvalue weighted by atomic mass is 9.95. The predicted molar refractivity (Wildman–Crippen MR) is 71.7 cm³/mol. The summed E-state index contributed by atoms with van der Waals surface area (Å²) in [6, 6.07) is 3.71. The van der Waals surface area contributed by atoms with E-state index in [4.69, 9.17) is 4.74 Å². The second-order valence-corrected chi connectivity index (χ2v) is 4.44. The minimum atomic E-state index is -1.03. The van der Waals surface area contributed by atoms with E-state index in [2.05, 4.69) is 10.2 Å². The molecule has 5 heteroatoms. The molecule has 2 aromatic rings. The molecule has 0 radical (unpaired) electrons. The molecule has 0 saturated carbocycles. The molecule has 1 aromatic heterocycles. The van der Waals surface area contributed by atoms with E-state index >= 15 is 0 Å². The SMILES string of the molecule is COc1ccc(-c2c(C(=O)O)n[nH]c2C)c(C)c1C. The van der Waals surface area contributed by atoms with Gasteiger partial charge >= 0.3 is 5.97 Å². The van der Waals surface area contributed by atoms with E-state index in [9.17, 15) is 9.90 Å². The molecule has 0 aliphatic rings. The third-order valence-electron chi connectivity index (χ3n) is 3.38. The molecule has 0 spiro atoms. The number of carboxylic acids is 1. The van der Waals surface area contributed by atoms with Crippen LogP contribution < -0.4 is 4.74 Å². The van der Waals surface area contributed by atoms with Gasteiger partial charge in [-0.2, -0.15) is 5.10 Å². The molecule has 0 aliphatic heterocycles. The molecule has 0 bridgehead atoms. The largest absolute Gasteiger partial charge is 0.496 e. The summed E-state index contributed by atoms with van der Waals surface area (Å²) >= 11 is 0. The molecule has 0 aliphatic carbocycles. The van der Waals surface area contributed by atoms with Gasteiger partial charge in [-0.15, -0.1) is 0 Å². The normalized spacial score (nSPS) is 10.5. The number of aryl methyl sites for hydroxylation is 1. The number of aromatic nitrogens is 2. The van der Waals surface area contributed by atoms with Gasteiger partial charge in [-0.25, -0.2) is 4.79 Å².